The van der Waals surface area contributed by atoms with Crippen LogP contribution in [0.1, 0.15) is 5.56 Å². The van der Waals surface area contributed by atoms with Crippen molar-refractivity contribution in [2.45, 2.75) is 6.54 Å². The van der Waals surface area contributed by atoms with Gasteiger partial charge in [0.1, 0.15) is 5.82 Å². The van der Waals surface area contributed by atoms with Crippen LogP contribution in [0, 0.1) is 9.39 Å². The highest BCUT2D eigenvalue weighted by molar-refractivity contribution is 14.1. The van der Waals surface area contributed by atoms with Crippen molar-refractivity contribution in [1.82, 2.24) is 0 Å². The minimum atomic E-state index is -0.230. The van der Waals surface area contributed by atoms with E-state index in [-0.39, 0.29) is 5.82 Å². The number of hydrogen-bond donors (Lipinski definition) is 1. The summed E-state index contributed by atoms with van der Waals surface area (Å²) in [5.41, 5.74) is 1.94. The van der Waals surface area contributed by atoms with Crippen molar-refractivity contribution in [2.75, 3.05) is 5.32 Å². The first-order chi connectivity index (χ1) is 8.16. The van der Waals surface area contributed by atoms with E-state index < -0.39 is 0 Å². The second-order valence-electron chi connectivity index (χ2n) is 3.58. The third kappa shape index (κ3) is 3.42. The van der Waals surface area contributed by atoms with Gasteiger partial charge in [0.15, 0.2) is 0 Å². The average Bonchev–Trinajstić information content (AvgIpc) is 2.31. The van der Waals surface area contributed by atoms with E-state index in [9.17, 15) is 4.39 Å². The molecule has 0 saturated heterocycles. The van der Waals surface area contributed by atoms with Crippen molar-refractivity contribution in [1.29, 1.82) is 0 Å². The molecule has 4 heteroatoms. The Balaban J connectivity index is 2.10. The van der Waals surface area contributed by atoms with E-state index >= 15 is 0 Å². The fraction of sp³-hybridized carbons (Fsp3) is 0.0769. The molecule has 17 heavy (non-hydrogen) atoms. The Morgan fingerprint density at radius 1 is 1.18 bits per heavy atom. The third-order valence-electron chi connectivity index (χ3n) is 2.34. The first kappa shape index (κ1) is 12.8. The van der Waals surface area contributed by atoms with E-state index in [0.29, 0.717) is 11.0 Å². The second kappa shape index (κ2) is 5.82. The Morgan fingerprint density at radius 3 is 2.71 bits per heavy atom. The largest absolute Gasteiger partial charge is 0.381 e. The standard InChI is InChI=1S/C13H10BrFIN/c14-13-9(3-1-6-12(13)15)8-17-11-5-2-4-10(16)7-11/h1-7,17H,8H2. The number of rotatable bonds is 3. The topological polar surface area (TPSA) is 12.0 Å². The van der Waals surface area contributed by atoms with Gasteiger partial charge in [-0.1, -0.05) is 18.2 Å². The summed E-state index contributed by atoms with van der Waals surface area (Å²) < 4.78 is 15.0. The minimum absolute atomic E-state index is 0.230. The second-order valence-corrected chi connectivity index (χ2v) is 5.62. The van der Waals surface area contributed by atoms with Gasteiger partial charge in [0.05, 0.1) is 4.47 Å². The van der Waals surface area contributed by atoms with Gasteiger partial charge in [-0.15, -0.1) is 0 Å². The summed E-state index contributed by atoms with van der Waals surface area (Å²) in [6.07, 6.45) is 0. The Hall–Kier alpha value is -0.620. The molecule has 0 atom stereocenters. The first-order valence-corrected chi connectivity index (χ1v) is 6.96. The summed E-state index contributed by atoms with van der Waals surface area (Å²) in [5, 5.41) is 3.27. The molecule has 0 aliphatic rings. The van der Waals surface area contributed by atoms with E-state index in [0.717, 1.165) is 11.3 Å². The maximum absolute atomic E-state index is 13.3. The van der Waals surface area contributed by atoms with Crippen molar-refractivity contribution >= 4 is 44.2 Å². The van der Waals surface area contributed by atoms with Crippen LogP contribution >= 0.6 is 38.5 Å². The van der Waals surface area contributed by atoms with Crippen LogP contribution < -0.4 is 5.32 Å². The molecule has 1 nitrogen and oxygen atoms in total. The molecule has 0 aliphatic heterocycles. The van der Waals surface area contributed by atoms with Gasteiger partial charge in [-0.25, -0.2) is 4.39 Å². The zero-order valence-corrected chi connectivity index (χ0v) is 12.6. The molecule has 0 aromatic heterocycles. The summed E-state index contributed by atoms with van der Waals surface area (Å²) in [6.45, 7) is 0.596. The molecule has 0 amide bonds. The Kier molecular flexibility index (Phi) is 4.39. The average molecular weight is 406 g/mol. The first-order valence-electron chi connectivity index (χ1n) is 5.09. The lowest BCUT2D eigenvalue weighted by molar-refractivity contribution is 0.618. The lowest BCUT2D eigenvalue weighted by Crippen LogP contribution is -2.01. The molecule has 88 valence electrons. The predicted molar refractivity (Wildman–Crippen MR) is 80.6 cm³/mol. The summed E-state index contributed by atoms with van der Waals surface area (Å²) in [6, 6.07) is 13.1. The zero-order valence-electron chi connectivity index (χ0n) is 8.88. The number of benzene rings is 2. The maximum Gasteiger partial charge on any atom is 0.137 e. The van der Waals surface area contributed by atoms with E-state index in [1.54, 1.807) is 6.07 Å². The highest BCUT2D eigenvalue weighted by Crippen LogP contribution is 2.21. The van der Waals surface area contributed by atoms with Gasteiger partial charge in [-0.05, 0) is 68.3 Å². The molecule has 0 unspecified atom stereocenters. The fourth-order valence-electron chi connectivity index (χ4n) is 1.48. The molecule has 0 spiro atoms. The summed E-state index contributed by atoms with van der Waals surface area (Å²) in [4.78, 5) is 0. The van der Waals surface area contributed by atoms with Gasteiger partial charge in [0.25, 0.3) is 0 Å². The lowest BCUT2D eigenvalue weighted by atomic mass is 10.2. The molecule has 0 aliphatic carbocycles. The van der Waals surface area contributed by atoms with Gasteiger partial charge in [-0.3, -0.25) is 0 Å². The maximum atomic E-state index is 13.3. The van der Waals surface area contributed by atoms with Crippen LogP contribution in [0.3, 0.4) is 0 Å². The lowest BCUT2D eigenvalue weighted by Gasteiger charge is -2.09. The van der Waals surface area contributed by atoms with E-state index in [4.69, 9.17) is 0 Å². The molecule has 0 saturated carbocycles. The van der Waals surface area contributed by atoms with Gasteiger partial charge in [0, 0.05) is 15.8 Å². The van der Waals surface area contributed by atoms with Crippen LogP contribution in [0.2, 0.25) is 0 Å². The molecule has 0 radical (unpaired) electrons. The highest BCUT2D eigenvalue weighted by Gasteiger charge is 2.04. The van der Waals surface area contributed by atoms with Crippen LogP contribution in [0.25, 0.3) is 0 Å². The van der Waals surface area contributed by atoms with Crippen molar-refractivity contribution in [3.8, 4) is 0 Å². The Labute approximate surface area is 122 Å². The van der Waals surface area contributed by atoms with Crippen LogP contribution in [0.5, 0.6) is 0 Å². The summed E-state index contributed by atoms with van der Waals surface area (Å²) in [7, 11) is 0. The van der Waals surface area contributed by atoms with E-state index in [1.807, 2.05) is 30.3 Å². The van der Waals surface area contributed by atoms with Crippen LogP contribution in [0.15, 0.2) is 46.9 Å². The smallest absolute Gasteiger partial charge is 0.137 e. The molecular weight excluding hydrogens is 396 g/mol. The normalized spacial score (nSPS) is 10.3. The molecule has 1 N–H and O–H groups in total. The fourth-order valence-corrected chi connectivity index (χ4v) is 2.43. The number of anilines is 1. The number of nitrogens with one attached hydrogen (secondary N) is 1. The van der Waals surface area contributed by atoms with Crippen molar-refractivity contribution in [3.05, 3.63) is 61.9 Å². The minimum Gasteiger partial charge on any atom is -0.381 e. The van der Waals surface area contributed by atoms with Gasteiger partial charge in [0.2, 0.25) is 0 Å². The van der Waals surface area contributed by atoms with Crippen molar-refractivity contribution in [2.24, 2.45) is 0 Å². The van der Waals surface area contributed by atoms with Crippen LogP contribution in [-0.4, -0.2) is 0 Å². The molecule has 2 aromatic rings. The quantitative estimate of drug-likeness (QED) is 0.723. The Morgan fingerprint density at radius 2 is 1.94 bits per heavy atom. The summed E-state index contributed by atoms with van der Waals surface area (Å²) in [5.74, 6) is -0.230. The molecule has 0 fully saturated rings. The van der Waals surface area contributed by atoms with Gasteiger partial charge < -0.3 is 5.32 Å². The van der Waals surface area contributed by atoms with Gasteiger partial charge >= 0.3 is 0 Å². The molecule has 0 bridgehead atoms. The molecule has 2 rings (SSSR count). The van der Waals surface area contributed by atoms with Crippen LogP contribution in [0.4, 0.5) is 10.1 Å². The molecule has 2 aromatic carbocycles. The van der Waals surface area contributed by atoms with Crippen molar-refractivity contribution < 1.29 is 4.39 Å². The molecular formula is C13H10BrFIN. The SMILES string of the molecule is Fc1cccc(CNc2cccc(I)c2)c1Br. The highest BCUT2D eigenvalue weighted by atomic mass is 127. The Bertz CT molecular complexity index is 531. The zero-order chi connectivity index (χ0) is 12.3. The summed E-state index contributed by atoms with van der Waals surface area (Å²) >= 11 is 5.51. The van der Waals surface area contributed by atoms with Gasteiger partial charge in [-0.2, -0.15) is 0 Å². The van der Waals surface area contributed by atoms with Crippen molar-refractivity contribution in [3.63, 3.8) is 0 Å². The third-order valence-corrected chi connectivity index (χ3v) is 3.90. The van der Waals surface area contributed by atoms with Crippen LogP contribution in [-0.2, 0) is 6.54 Å². The number of hydrogen-bond acceptors (Lipinski definition) is 1. The number of halogens is 3. The van der Waals surface area contributed by atoms with E-state index in [2.05, 4.69) is 43.8 Å². The molecule has 0 heterocycles. The predicted octanol–water partition coefficient (Wildman–Crippen LogP) is 4.80. The van der Waals surface area contributed by atoms with E-state index in [1.165, 1.54) is 9.64 Å². The monoisotopic (exact) mass is 405 g/mol.